The summed E-state index contributed by atoms with van der Waals surface area (Å²) in [7, 11) is -9.75. The van der Waals surface area contributed by atoms with E-state index >= 15 is 0 Å². The van der Waals surface area contributed by atoms with Gasteiger partial charge in [-0.25, -0.2) is 9.97 Å². The normalized spacial score (nSPS) is 13.0. The minimum atomic E-state index is -4.87. The largest absolute Gasteiger partial charge is 0.341 e. The van der Waals surface area contributed by atoms with Gasteiger partial charge in [-0.2, -0.15) is 0 Å². The summed E-state index contributed by atoms with van der Waals surface area (Å²) in [5.41, 5.74) is 0. The van der Waals surface area contributed by atoms with Gasteiger partial charge < -0.3 is 19.6 Å². The molecule has 0 aliphatic carbocycles. The summed E-state index contributed by atoms with van der Waals surface area (Å²) < 4.78 is 21.9. The summed E-state index contributed by atoms with van der Waals surface area (Å²) in [4.78, 5) is 42.9. The van der Waals surface area contributed by atoms with Crippen molar-refractivity contribution in [3.63, 3.8) is 0 Å². The van der Waals surface area contributed by atoms with Crippen LogP contribution in [0.5, 0.6) is 0 Å². The molecule has 0 bridgehead atoms. The molecule has 0 atom stereocenters. The molecule has 0 aromatic carbocycles. The highest BCUT2D eigenvalue weighted by Crippen LogP contribution is 2.60. The van der Waals surface area contributed by atoms with Gasteiger partial charge >= 0.3 is 15.2 Å². The van der Waals surface area contributed by atoms with Crippen molar-refractivity contribution in [2.45, 2.75) is 10.6 Å². The van der Waals surface area contributed by atoms with E-state index in [0.29, 0.717) is 0 Å². The van der Waals surface area contributed by atoms with Gasteiger partial charge in [-0.05, 0) is 6.07 Å². The summed E-state index contributed by atoms with van der Waals surface area (Å²) in [5.74, 6) is -0.460. The molecule has 17 heavy (non-hydrogen) atoms. The Hall–Kier alpha value is -0.270. The molecule has 0 saturated heterocycles. The molecule has 11 heteroatoms. The molecule has 96 valence electrons. The maximum Gasteiger partial charge on any atom is 0.341 e. The summed E-state index contributed by atoms with van der Waals surface area (Å²) in [6.45, 7) is 0. The first-order chi connectivity index (χ1) is 7.71. The summed E-state index contributed by atoms with van der Waals surface area (Å²) in [6, 6.07) is 1.55. The van der Waals surface area contributed by atoms with Crippen molar-refractivity contribution >= 4 is 27.0 Å². The van der Waals surface area contributed by atoms with Crippen LogP contribution in [-0.2, 0) is 9.13 Å². The summed E-state index contributed by atoms with van der Waals surface area (Å²) in [6.07, 6.45) is 2.83. The van der Waals surface area contributed by atoms with Crippen LogP contribution in [0, 0.1) is 0 Å². The maximum atomic E-state index is 10.9. The molecular weight excluding hydrogens is 290 g/mol. The van der Waals surface area contributed by atoms with Crippen LogP contribution >= 0.6 is 27.0 Å². The predicted octanol–water partition coefficient (Wildman–Crippen LogP) is 0.250. The van der Waals surface area contributed by atoms with Gasteiger partial charge in [-0.1, -0.05) is 11.8 Å². The van der Waals surface area contributed by atoms with E-state index in [-0.39, 0.29) is 5.16 Å². The van der Waals surface area contributed by atoms with Crippen molar-refractivity contribution < 1.29 is 28.7 Å². The number of nitrogens with zero attached hydrogens (tertiary/aromatic N) is 2. The lowest BCUT2D eigenvalue weighted by Gasteiger charge is -2.18. The van der Waals surface area contributed by atoms with Gasteiger partial charge in [-0.15, -0.1) is 0 Å². The third kappa shape index (κ3) is 4.85. The SMILES string of the molecule is O=P(O)(O)C(CSc1ncccn1)P(=O)(O)O. The van der Waals surface area contributed by atoms with Gasteiger partial charge in [0.2, 0.25) is 0 Å². The molecule has 0 fully saturated rings. The molecular formula is C6H10N2O6P2S. The molecule has 1 aromatic rings. The third-order valence-electron chi connectivity index (χ3n) is 1.68. The quantitative estimate of drug-likeness (QED) is 0.342. The van der Waals surface area contributed by atoms with Crippen LogP contribution in [0.3, 0.4) is 0 Å². The van der Waals surface area contributed by atoms with Crippen molar-refractivity contribution in [3.05, 3.63) is 18.5 Å². The van der Waals surface area contributed by atoms with Crippen molar-refractivity contribution in [2.75, 3.05) is 5.75 Å². The molecule has 0 saturated carbocycles. The van der Waals surface area contributed by atoms with Crippen molar-refractivity contribution in [2.24, 2.45) is 0 Å². The number of hydrogen-bond donors (Lipinski definition) is 4. The molecule has 1 aromatic heterocycles. The Kier molecular flexibility index (Phi) is 4.86. The zero-order chi connectivity index (χ0) is 13.1. The first-order valence-corrected chi connectivity index (χ1v) is 8.56. The van der Waals surface area contributed by atoms with E-state index in [1.165, 1.54) is 12.4 Å². The molecule has 0 aliphatic rings. The molecule has 0 amide bonds. The topological polar surface area (TPSA) is 141 Å². The van der Waals surface area contributed by atoms with Crippen LogP contribution in [0.1, 0.15) is 0 Å². The smallest absolute Gasteiger partial charge is 0.324 e. The van der Waals surface area contributed by atoms with E-state index in [0.717, 1.165) is 11.8 Å². The predicted molar refractivity (Wildman–Crippen MR) is 60.6 cm³/mol. The summed E-state index contributed by atoms with van der Waals surface area (Å²) >= 11 is 0.776. The highest BCUT2D eigenvalue weighted by atomic mass is 32.2. The number of rotatable bonds is 5. The van der Waals surface area contributed by atoms with Gasteiger partial charge in [0.05, 0.1) is 0 Å². The van der Waals surface area contributed by atoms with E-state index in [1.54, 1.807) is 6.07 Å². The lowest BCUT2D eigenvalue weighted by atomic mass is 10.7. The molecule has 1 heterocycles. The fraction of sp³-hybridized carbons (Fsp3) is 0.333. The van der Waals surface area contributed by atoms with E-state index in [2.05, 4.69) is 9.97 Å². The molecule has 8 nitrogen and oxygen atoms in total. The van der Waals surface area contributed by atoms with Crippen LogP contribution in [0.15, 0.2) is 23.6 Å². The monoisotopic (exact) mass is 300 g/mol. The van der Waals surface area contributed by atoms with Crippen LogP contribution in [0.25, 0.3) is 0 Å². The Morgan fingerprint density at radius 3 is 2.00 bits per heavy atom. The van der Waals surface area contributed by atoms with Gasteiger partial charge in [0.1, 0.15) is 0 Å². The van der Waals surface area contributed by atoms with E-state index in [9.17, 15) is 9.13 Å². The van der Waals surface area contributed by atoms with Gasteiger partial charge in [-0.3, -0.25) is 9.13 Å². The Bertz CT molecular complexity index is 437. The van der Waals surface area contributed by atoms with E-state index in [4.69, 9.17) is 19.6 Å². The van der Waals surface area contributed by atoms with Crippen molar-refractivity contribution in [1.82, 2.24) is 9.97 Å². The fourth-order valence-corrected chi connectivity index (χ4v) is 5.04. The lowest BCUT2D eigenvalue weighted by Crippen LogP contribution is -2.12. The van der Waals surface area contributed by atoms with E-state index < -0.39 is 26.3 Å². The van der Waals surface area contributed by atoms with Crippen LogP contribution in [0.4, 0.5) is 0 Å². The molecule has 1 rings (SSSR count). The molecule has 4 N–H and O–H groups in total. The average Bonchev–Trinajstić information content (AvgIpc) is 2.15. The van der Waals surface area contributed by atoms with Crippen molar-refractivity contribution in [1.29, 1.82) is 0 Å². The van der Waals surface area contributed by atoms with Crippen LogP contribution in [-0.4, -0.2) is 40.7 Å². The summed E-state index contributed by atoms with van der Waals surface area (Å²) in [5, 5.41) is -1.84. The number of aromatic nitrogens is 2. The zero-order valence-corrected chi connectivity index (χ0v) is 10.9. The Morgan fingerprint density at radius 2 is 1.59 bits per heavy atom. The first kappa shape index (κ1) is 14.8. The fourth-order valence-electron chi connectivity index (χ4n) is 0.899. The minimum absolute atomic E-state index is 0.194. The highest BCUT2D eigenvalue weighted by Gasteiger charge is 2.43. The second-order valence-electron chi connectivity index (χ2n) is 3.00. The number of thioether (sulfide) groups is 1. The zero-order valence-electron chi connectivity index (χ0n) is 8.32. The second kappa shape index (κ2) is 5.58. The Labute approximate surface area is 101 Å². The lowest BCUT2D eigenvalue weighted by molar-refractivity contribution is 0.343. The highest BCUT2D eigenvalue weighted by molar-refractivity contribution is 8.00. The van der Waals surface area contributed by atoms with Gasteiger partial charge in [0.15, 0.2) is 10.6 Å². The van der Waals surface area contributed by atoms with Gasteiger partial charge in [0.25, 0.3) is 0 Å². The Balaban J connectivity index is 2.77. The van der Waals surface area contributed by atoms with E-state index in [1.807, 2.05) is 0 Å². The first-order valence-electron chi connectivity index (χ1n) is 4.21. The minimum Gasteiger partial charge on any atom is -0.324 e. The van der Waals surface area contributed by atoms with Crippen LogP contribution in [0.2, 0.25) is 0 Å². The van der Waals surface area contributed by atoms with Crippen molar-refractivity contribution in [3.8, 4) is 0 Å². The molecule has 0 unspecified atom stereocenters. The maximum absolute atomic E-state index is 10.9. The van der Waals surface area contributed by atoms with Gasteiger partial charge in [0, 0.05) is 18.1 Å². The average molecular weight is 300 g/mol. The number of hydrogen-bond acceptors (Lipinski definition) is 5. The second-order valence-corrected chi connectivity index (χ2v) is 8.00. The standard InChI is InChI=1S/C6H10N2O6P2S/c9-15(10,11)5(16(12,13)14)4-17-6-7-2-1-3-8-6/h1-3,5H,4H2,(H2,9,10,11)(H2,12,13,14). The molecule has 0 spiro atoms. The molecule has 0 aliphatic heterocycles. The Morgan fingerprint density at radius 1 is 1.12 bits per heavy atom. The van der Waals surface area contributed by atoms with Crippen LogP contribution < -0.4 is 0 Å². The molecule has 0 radical (unpaired) electrons. The third-order valence-corrected chi connectivity index (χ3v) is 6.87.